The average Bonchev–Trinajstić information content (AvgIpc) is 3.41. The smallest absolute Gasteiger partial charge is 0.243 e. The van der Waals surface area contributed by atoms with E-state index in [-0.39, 0.29) is 24.1 Å². The highest BCUT2D eigenvalue weighted by atomic mass is 32.2. The van der Waals surface area contributed by atoms with E-state index >= 15 is 0 Å². The minimum Gasteiger partial charge on any atom is -0.336 e. The summed E-state index contributed by atoms with van der Waals surface area (Å²) in [7, 11) is 1.65. The second-order valence-electron chi connectivity index (χ2n) is 7.12. The maximum absolute atomic E-state index is 12.4. The molecule has 1 aliphatic rings. The Kier molecular flexibility index (Phi) is 5.89. The van der Waals surface area contributed by atoms with Gasteiger partial charge in [-0.05, 0) is 45.7 Å². The Labute approximate surface area is 164 Å². The molecule has 0 radical (unpaired) electrons. The van der Waals surface area contributed by atoms with Crippen molar-refractivity contribution >= 4 is 29.3 Å². The van der Waals surface area contributed by atoms with Gasteiger partial charge >= 0.3 is 0 Å². The molecule has 3 rings (SSSR count). The zero-order valence-electron chi connectivity index (χ0n) is 16.3. The fourth-order valence-electron chi connectivity index (χ4n) is 2.84. The Morgan fingerprint density at radius 2 is 1.89 bits per heavy atom. The molecule has 2 aromatic rings. The minimum atomic E-state index is -0.203. The van der Waals surface area contributed by atoms with E-state index in [1.165, 1.54) is 35.2 Å². The molecule has 1 aromatic heterocycles. The number of anilines is 1. The number of carbonyl (C=O) groups excluding carboxylic acids is 2. The maximum Gasteiger partial charge on any atom is 0.243 e. The van der Waals surface area contributed by atoms with Gasteiger partial charge in [0.25, 0.3) is 0 Å². The van der Waals surface area contributed by atoms with Gasteiger partial charge in [-0.3, -0.25) is 9.59 Å². The number of carbonyl (C=O) groups is 2. The van der Waals surface area contributed by atoms with Crippen LogP contribution in [0.1, 0.15) is 35.8 Å². The van der Waals surface area contributed by atoms with Crippen molar-refractivity contribution in [3.8, 4) is 0 Å². The molecule has 1 saturated carbocycles. The predicted octanol–water partition coefficient (Wildman–Crippen LogP) is 3.33. The second-order valence-corrected chi connectivity index (χ2v) is 8.06. The molecule has 0 atom stereocenters. The van der Waals surface area contributed by atoms with Gasteiger partial charge in [-0.25, -0.2) is 4.98 Å². The quantitative estimate of drug-likeness (QED) is 0.741. The molecule has 1 fully saturated rings. The van der Waals surface area contributed by atoms with E-state index in [1.54, 1.807) is 7.05 Å². The number of aromatic nitrogens is 2. The monoisotopic (exact) mass is 386 g/mol. The molecule has 0 aliphatic heterocycles. The number of hydrogen-bond donors (Lipinski definition) is 1. The van der Waals surface area contributed by atoms with E-state index in [0.717, 1.165) is 22.1 Å². The van der Waals surface area contributed by atoms with E-state index in [1.807, 2.05) is 38.1 Å². The lowest BCUT2D eigenvalue weighted by Gasteiger charge is -2.17. The maximum atomic E-state index is 12.4. The number of benzene rings is 1. The normalized spacial score (nSPS) is 13.5. The number of nitrogens with zero attached hydrogens (tertiary/aromatic N) is 3. The molecule has 27 heavy (non-hydrogen) atoms. The van der Waals surface area contributed by atoms with Crippen LogP contribution in [0.25, 0.3) is 0 Å². The van der Waals surface area contributed by atoms with Crippen LogP contribution in [0.2, 0.25) is 0 Å². The zero-order chi connectivity index (χ0) is 19.6. The van der Waals surface area contributed by atoms with Gasteiger partial charge in [0, 0.05) is 24.5 Å². The highest BCUT2D eigenvalue weighted by molar-refractivity contribution is 7.99. The number of aryl methyl sites for hydroxylation is 2. The molecule has 144 valence electrons. The van der Waals surface area contributed by atoms with E-state index in [2.05, 4.69) is 21.8 Å². The lowest BCUT2D eigenvalue weighted by molar-refractivity contribution is -0.131. The molecule has 1 aromatic carbocycles. The highest BCUT2D eigenvalue weighted by Crippen LogP contribution is 2.39. The molecule has 7 heteroatoms. The summed E-state index contributed by atoms with van der Waals surface area (Å²) in [5.74, 6) is -0.0118. The van der Waals surface area contributed by atoms with Gasteiger partial charge in [-0.15, -0.1) is 0 Å². The van der Waals surface area contributed by atoms with Gasteiger partial charge < -0.3 is 14.8 Å². The van der Waals surface area contributed by atoms with E-state index in [9.17, 15) is 9.59 Å². The van der Waals surface area contributed by atoms with Gasteiger partial charge in [0.2, 0.25) is 11.8 Å². The predicted molar refractivity (Wildman–Crippen MR) is 108 cm³/mol. The molecule has 1 heterocycles. The second kappa shape index (κ2) is 8.17. The molecule has 0 unspecified atom stereocenters. The van der Waals surface area contributed by atoms with Crippen molar-refractivity contribution in [3.63, 3.8) is 0 Å². The van der Waals surface area contributed by atoms with Crippen molar-refractivity contribution in [2.45, 2.75) is 44.8 Å². The summed E-state index contributed by atoms with van der Waals surface area (Å²) in [6.07, 6.45) is 2.36. The van der Waals surface area contributed by atoms with Crippen molar-refractivity contribution in [2.75, 3.05) is 24.7 Å². The third kappa shape index (κ3) is 4.91. The number of amides is 2. The van der Waals surface area contributed by atoms with Crippen LogP contribution in [0.3, 0.4) is 0 Å². The lowest BCUT2D eigenvalue weighted by Crippen LogP contribution is -2.36. The van der Waals surface area contributed by atoms with Crippen LogP contribution in [0, 0.1) is 20.8 Å². The Bertz CT molecular complexity index is 840. The summed E-state index contributed by atoms with van der Waals surface area (Å²) in [5.41, 5.74) is 4.06. The summed E-state index contributed by atoms with van der Waals surface area (Å²) < 4.78 is 2.25. The molecular weight excluding hydrogens is 360 g/mol. The molecule has 6 nitrogen and oxygen atoms in total. The number of thioether (sulfide) groups is 1. The standard InChI is InChI=1S/C20H26N4O2S/c1-13-5-7-16(8-6-13)22-18(25)11-23(4)19(26)12-27-20-21-14(2)15(3)24(20)17-9-10-17/h5-8,17H,9-12H2,1-4H3,(H,22,25). The van der Waals surface area contributed by atoms with Crippen molar-refractivity contribution in [1.82, 2.24) is 14.5 Å². The van der Waals surface area contributed by atoms with Gasteiger partial charge in [0.15, 0.2) is 5.16 Å². The Balaban J connectivity index is 1.51. The van der Waals surface area contributed by atoms with Gasteiger partial charge in [-0.1, -0.05) is 29.5 Å². The summed E-state index contributed by atoms with van der Waals surface area (Å²) >= 11 is 1.45. The third-order valence-corrected chi connectivity index (χ3v) is 5.67. The molecule has 2 amide bonds. The summed E-state index contributed by atoms with van der Waals surface area (Å²) in [6, 6.07) is 8.11. The van der Waals surface area contributed by atoms with Crippen molar-refractivity contribution in [1.29, 1.82) is 0 Å². The summed E-state index contributed by atoms with van der Waals surface area (Å²) in [6.45, 7) is 6.10. The number of hydrogen-bond acceptors (Lipinski definition) is 4. The van der Waals surface area contributed by atoms with Crippen LogP contribution in [-0.4, -0.2) is 45.6 Å². The molecule has 1 N–H and O–H groups in total. The van der Waals surface area contributed by atoms with Crippen LogP contribution in [-0.2, 0) is 9.59 Å². The highest BCUT2D eigenvalue weighted by Gasteiger charge is 2.29. The number of likely N-dealkylation sites (N-methyl/N-ethyl adjacent to an activating group) is 1. The van der Waals surface area contributed by atoms with Gasteiger partial charge in [0.1, 0.15) is 0 Å². The van der Waals surface area contributed by atoms with E-state index in [0.29, 0.717) is 6.04 Å². The first kappa shape index (κ1) is 19.5. The van der Waals surface area contributed by atoms with Crippen LogP contribution >= 0.6 is 11.8 Å². The molecule has 1 aliphatic carbocycles. The van der Waals surface area contributed by atoms with E-state index < -0.39 is 0 Å². The van der Waals surface area contributed by atoms with Crippen molar-refractivity contribution in [2.24, 2.45) is 0 Å². The fraction of sp³-hybridized carbons (Fsp3) is 0.450. The lowest BCUT2D eigenvalue weighted by atomic mass is 10.2. The Morgan fingerprint density at radius 1 is 1.22 bits per heavy atom. The SMILES string of the molecule is Cc1ccc(NC(=O)CN(C)C(=O)CSc2nc(C)c(C)n2C2CC2)cc1. The van der Waals surface area contributed by atoms with Gasteiger partial charge in [0.05, 0.1) is 18.0 Å². The Morgan fingerprint density at radius 3 is 2.52 bits per heavy atom. The van der Waals surface area contributed by atoms with Crippen LogP contribution < -0.4 is 5.32 Å². The first-order valence-electron chi connectivity index (χ1n) is 9.14. The largest absolute Gasteiger partial charge is 0.336 e. The topological polar surface area (TPSA) is 67.2 Å². The molecule has 0 bridgehead atoms. The Hall–Kier alpha value is -2.28. The van der Waals surface area contributed by atoms with Gasteiger partial charge in [-0.2, -0.15) is 0 Å². The summed E-state index contributed by atoms with van der Waals surface area (Å²) in [4.78, 5) is 30.6. The minimum absolute atomic E-state index is 0.0301. The third-order valence-electron chi connectivity index (χ3n) is 4.73. The van der Waals surface area contributed by atoms with Crippen molar-refractivity contribution in [3.05, 3.63) is 41.2 Å². The van der Waals surface area contributed by atoms with Crippen molar-refractivity contribution < 1.29 is 9.59 Å². The number of nitrogens with one attached hydrogen (secondary N) is 1. The van der Waals surface area contributed by atoms with Crippen LogP contribution in [0.5, 0.6) is 0 Å². The number of imidazole rings is 1. The van der Waals surface area contributed by atoms with Crippen LogP contribution in [0.4, 0.5) is 5.69 Å². The molecule has 0 spiro atoms. The first-order chi connectivity index (χ1) is 12.8. The molecule has 0 saturated heterocycles. The summed E-state index contributed by atoms with van der Waals surface area (Å²) in [5, 5.41) is 3.72. The first-order valence-corrected chi connectivity index (χ1v) is 10.1. The fourth-order valence-corrected chi connectivity index (χ4v) is 3.94. The number of rotatable bonds is 7. The van der Waals surface area contributed by atoms with E-state index in [4.69, 9.17) is 0 Å². The average molecular weight is 387 g/mol. The molecular formula is C20H26N4O2S. The van der Waals surface area contributed by atoms with Crippen LogP contribution in [0.15, 0.2) is 29.4 Å². The zero-order valence-corrected chi connectivity index (χ0v) is 17.1.